The molecule has 2 N–H and O–H groups in total. The van der Waals surface area contributed by atoms with Crippen LogP contribution >= 0.6 is 0 Å². The molecule has 0 radical (unpaired) electrons. The van der Waals surface area contributed by atoms with Crippen molar-refractivity contribution < 1.29 is 14.3 Å². The summed E-state index contributed by atoms with van der Waals surface area (Å²) < 4.78 is 5.60. The Morgan fingerprint density at radius 2 is 1.40 bits per heavy atom. The van der Waals surface area contributed by atoms with Gasteiger partial charge in [0, 0.05) is 36.5 Å². The average Bonchev–Trinajstić information content (AvgIpc) is 3.25. The molecule has 35 heavy (non-hydrogen) atoms. The molecule has 0 aliphatic carbocycles. The highest BCUT2D eigenvalue weighted by Crippen LogP contribution is 2.24. The normalized spacial score (nSPS) is 11.1. The number of rotatable bonds is 20. The summed E-state index contributed by atoms with van der Waals surface area (Å²) in [5.74, 6) is 0.570. The van der Waals surface area contributed by atoms with Crippen LogP contribution in [0.4, 0.5) is 0 Å². The summed E-state index contributed by atoms with van der Waals surface area (Å²) in [7, 11) is 0. The number of unbranched alkanes of at least 4 members (excludes halogenated alkanes) is 12. The van der Waals surface area contributed by atoms with Crippen LogP contribution in [0.25, 0.3) is 10.9 Å². The molecule has 196 valence electrons. The monoisotopic (exact) mass is 484 g/mol. The van der Waals surface area contributed by atoms with Gasteiger partial charge < -0.3 is 15.0 Å². The number of ether oxygens (including phenoxy) is 1. The van der Waals surface area contributed by atoms with Crippen LogP contribution in [0.1, 0.15) is 122 Å². The third-order valence-corrected chi connectivity index (χ3v) is 6.68. The molecular weight excluding hydrogens is 436 g/mol. The van der Waals surface area contributed by atoms with Crippen molar-refractivity contribution in [1.29, 1.82) is 0 Å². The van der Waals surface area contributed by atoms with E-state index in [1.165, 1.54) is 64.2 Å². The van der Waals surface area contributed by atoms with Crippen LogP contribution in [0.15, 0.2) is 24.4 Å². The summed E-state index contributed by atoms with van der Waals surface area (Å²) in [6.45, 7) is 5.07. The predicted molar refractivity (Wildman–Crippen MR) is 146 cm³/mol. The molecule has 0 fully saturated rings. The molecule has 2 aromatic rings. The maximum atomic E-state index is 12.3. The molecule has 0 bridgehead atoms. The predicted octanol–water partition coefficient (Wildman–Crippen LogP) is 8.01. The van der Waals surface area contributed by atoms with Crippen molar-refractivity contribution in [3.8, 4) is 5.75 Å². The lowest BCUT2D eigenvalue weighted by molar-refractivity contribution is -0.134. The summed E-state index contributed by atoms with van der Waals surface area (Å²) in [6, 6.07) is 5.73. The fourth-order valence-corrected chi connectivity index (χ4v) is 4.50. The molecular formula is C30H48N2O3. The summed E-state index contributed by atoms with van der Waals surface area (Å²) in [5.41, 5.74) is 2.14. The van der Waals surface area contributed by atoms with Crippen LogP contribution in [-0.4, -0.2) is 23.4 Å². The van der Waals surface area contributed by atoms with Crippen molar-refractivity contribution in [2.75, 3.05) is 6.54 Å². The lowest BCUT2D eigenvalue weighted by atomic mass is 10.1. The Balaban J connectivity index is 1.67. The van der Waals surface area contributed by atoms with E-state index >= 15 is 0 Å². The smallest absolute Gasteiger partial charge is 0.311 e. The molecule has 5 heteroatoms. The van der Waals surface area contributed by atoms with Crippen molar-refractivity contribution in [3.63, 3.8) is 0 Å². The third kappa shape index (κ3) is 12.3. The topological polar surface area (TPSA) is 71.2 Å². The number of benzene rings is 1. The number of aromatic amines is 1. The quantitative estimate of drug-likeness (QED) is 0.114. The van der Waals surface area contributed by atoms with E-state index in [0.29, 0.717) is 25.1 Å². The van der Waals surface area contributed by atoms with Gasteiger partial charge in [-0.05, 0) is 43.0 Å². The Morgan fingerprint density at radius 3 is 2.06 bits per heavy atom. The molecule has 0 saturated heterocycles. The molecule has 0 unspecified atom stereocenters. The summed E-state index contributed by atoms with van der Waals surface area (Å²) in [4.78, 5) is 27.7. The van der Waals surface area contributed by atoms with Crippen molar-refractivity contribution in [2.24, 2.45) is 0 Å². The number of carbonyl (C=O) groups is 2. The zero-order valence-electron chi connectivity index (χ0n) is 22.3. The first-order valence-corrected chi connectivity index (χ1v) is 14.2. The summed E-state index contributed by atoms with van der Waals surface area (Å²) in [6.07, 6.45) is 20.6. The van der Waals surface area contributed by atoms with E-state index in [1.54, 1.807) is 0 Å². The first-order chi connectivity index (χ1) is 17.1. The molecule has 1 aromatic heterocycles. The second-order valence-electron chi connectivity index (χ2n) is 9.84. The van der Waals surface area contributed by atoms with Gasteiger partial charge >= 0.3 is 5.97 Å². The molecule has 0 spiro atoms. The molecule has 1 aromatic carbocycles. The third-order valence-electron chi connectivity index (χ3n) is 6.68. The van der Waals surface area contributed by atoms with Crippen LogP contribution < -0.4 is 10.1 Å². The maximum Gasteiger partial charge on any atom is 0.311 e. The molecule has 2 rings (SSSR count). The van der Waals surface area contributed by atoms with Gasteiger partial charge in [0.15, 0.2) is 0 Å². The molecule has 0 atom stereocenters. The summed E-state index contributed by atoms with van der Waals surface area (Å²) in [5, 5.41) is 4.10. The second kappa shape index (κ2) is 18.0. The maximum absolute atomic E-state index is 12.3. The molecule has 0 aliphatic rings. The van der Waals surface area contributed by atoms with Crippen LogP contribution in [0, 0.1) is 0 Å². The molecule has 0 aliphatic heterocycles. The van der Waals surface area contributed by atoms with Crippen LogP contribution in [-0.2, 0) is 16.0 Å². The number of esters is 1. The standard InChI is InChI=1S/C30H48N2O3/c1-3-5-7-9-11-13-15-17-29(33)31-22-21-25-24-32-28-20-19-26(23-27(25)28)35-30(34)18-16-14-12-10-8-6-4-2/h19-20,23-24,32H,3-18,21-22H2,1-2H3,(H,31,33). The number of H-pyrrole nitrogens is 1. The minimum Gasteiger partial charge on any atom is -0.427 e. The van der Waals surface area contributed by atoms with Gasteiger partial charge in [0.25, 0.3) is 0 Å². The first-order valence-electron chi connectivity index (χ1n) is 14.2. The number of hydrogen-bond donors (Lipinski definition) is 2. The molecule has 0 saturated carbocycles. The van der Waals surface area contributed by atoms with Gasteiger partial charge in [-0.15, -0.1) is 0 Å². The number of amides is 1. The van der Waals surface area contributed by atoms with Crippen molar-refractivity contribution >= 4 is 22.8 Å². The Hall–Kier alpha value is -2.30. The molecule has 1 amide bonds. The number of nitrogens with one attached hydrogen (secondary N) is 2. The van der Waals surface area contributed by atoms with Gasteiger partial charge in [0.05, 0.1) is 0 Å². The fourth-order valence-electron chi connectivity index (χ4n) is 4.50. The Kier molecular flexibility index (Phi) is 14.9. The van der Waals surface area contributed by atoms with Crippen LogP contribution in [0.3, 0.4) is 0 Å². The van der Waals surface area contributed by atoms with Gasteiger partial charge in [0.1, 0.15) is 5.75 Å². The van der Waals surface area contributed by atoms with E-state index in [4.69, 9.17) is 4.74 Å². The minimum atomic E-state index is -0.160. The lowest BCUT2D eigenvalue weighted by Gasteiger charge is -2.07. The van der Waals surface area contributed by atoms with Gasteiger partial charge in [-0.25, -0.2) is 0 Å². The van der Waals surface area contributed by atoms with Gasteiger partial charge in [-0.1, -0.05) is 90.9 Å². The number of aromatic nitrogens is 1. The van der Waals surface area contributed by atoms with E-state index in [9.17, 15) is 9.59 Å². The number of hydrogen-bond acceptors (Lipinski definition) is 3. The number of fused-ring (bicyclic) bond motifs is 1. The zero-order valence-corrected chi connectivity index (χ0v) is 22.3. The lowest BCUT2D eigenvalue weighted by Crippen LogP contribution is -2.25. The van der Waals surface area contributed by atoms with E-state index in [-0.39, 0.29) is 11.9 Å². The average molecular weight is 485 g/mol. The highest BCUT2D eigenvalue weighted by Gasteiger charge is 2.09. The minimum absolute atomic E-state index is 0.137. The van der Waals surface area contributed by atoms with E-state index in [2.05, 4.69) is 24.1 Å². The van der Waals surface area contributed by atoms with Crippen LogP contribution in [0.2, 0.25) is 0 Å². The van der Waals surface area contributed by atoms with Gasteiger partial charge in [-0.3, -0.25) is 9.59 Å². The Bertz CT molecular complexity index is 858. The summed E-state index contributed by atoms with van der Waals surface area (Å²) >= 11 is 0. The van der Waals surface area contributed by atoms with E-state index in [0.717, 1.165) is 48.6 Å². The number of carbonyl (C=O) groups excluding carboxylic acids is 2. The van der Waals surface area contributed by atoms with E-state index < -0.39 is 0 Å². The van der Waals surface area contributed by atoms with Gasteiger partial charge in [0.2, 0.25) is 5.91 Å². The van der Waals surface area contributed by atoms with Crippen molar-refractivity contribution in [2.45, 2.75) is 123 Å². The van der Waals surface area contributed by atoms with Crippen molar-refractivity contribution in [3.05, 3.63) is 30.0 Å². The van der Waals surface area contributed by atoms with Gasteiger partial charge in [-0.2, -0.15) is 0 Å². The van der Waals surface area contributed by atoms with Crippen LogP contribution in [0.5, 0.6) is 5.75 Å². The molecule has 5 nitrogen and oxygen atoms in total. The van der Waals surface area contributed by atoms with E-state index in [1.807, 2.05) is 24.4 Å². The van der Waals surface area contributed by atoms with Crippen molar-refractivity contribution in [1.82, 2.24) is 10.3 Å². The zero-order chi connectivity index (χ0) is 25.1. The second-order valence-corrected chi connectivity index (χ2v) is 9.84. The Morgan fingerprint density at radius 1 is 0.800 bits per heavy atom. The molecule has 1 heterocycles. The highest BCUT2D eigenvalue weighted by atomic mass is 16.5. The first kappa shape index (κ1) is 28.9. The Labute approximate surface area is 212 Å². The largest absolute Gasteiger partial charge is 0.427 e. The SMILES string of the molecule is CCCCCCCCCC(=O)NCCc1c[nH]c2ccc(OC(=O)CCCCCCCCC)cc12. The highest BCUT2D eigenvalue weighted by molar-refractivity contribution is 5.85. The fraction of sp³-hybridized carbons (Fsp3) is 0.667.